The quantitative estimate of drug-likeness (QED) is 0.780. The first-order chi connectivity index (χ1) is 12.7. The van der Waals surface area contributed by atoms with Crippen molar-refractivity contribution in [2.45, 2.75) is 61.3 Å². The van der Waals surface area contributed by atoms with Crippen LogP contribution in [0.15, 0.2) is 41.6 Å². The van der Waals surface area contributed by atoms with Gasteiger partial charge in [-0.1, -0.05) is 18.6 Å². The summed E-state index contributed by atoms with van der Waals surface area (Å²) in [7, 11) is 0. The number of fused-ring (bicyclic) bond motifs is 1. The number of benzene rings is 1. The van der Waals surface area contributed by atoms with E-state index in [1.165, 1.54) is 36.0 Å². The van der Waals surface area contributed by atoms with E-state index in [-0.39, 0.29) is 12.5 Å². The van der Waals surface area contributed by atoms with Crippen molar-refractivity contribution >= 4 is 17.7 Å². The molecule has 1 aromatic carbocycles. The number of thioether (sulfide) groups is 1. The van der Waals surface area contributed by atoms with Gasteiger partial charge in [-0.05, 0) is 61.4 Å². The molecular formula is C21H23NO3S. The molecule has 0 amide bonds. The van der Waals surface area contributed by atoms with E-state index in [9.17, 15) is 4.79 Å². The summed E-state index contributed by atoms with van der Waals surface area (Å²) in [6.07, 6.45) is 8.33. The molecule has 4 nitrogen and oxygen atoms in total. The van der Waals surface area contributed by atoms with Crippen molar-refractivity contribution in [1.82, 2.24) is 4.98 Å². The number of aliphatic carboxylic acids is 1. The Morgan fingerprint density at radius 3 is 2.92 bits per heavy atom. The van der Waals surface area contributed by atoms with Gasteiger partial charge in [-0.25, -0.2) is 4.98 Å². The fourth-order valence-corrected chi connectivity index (χ4v) is 4.77. The molecule has 1 saturated carbocycles. The summed E-state index contributed by atoms with van der Waals surface area (Å²) >= 11 is 1.90. The maximum atomic E-state index is 10.8. The molecule has 2 aromatic rings. The summed E-state index contributed by atoms with van der Waals surface area (Å²) in [5.41, 5.74) is 3.59. The second-order valence-electron chi connectivity index (χ2n) is 7.06. The van der Waals surface area contributed by atoms with E-state index < -0.39 is 5.97 Å². The van der Waals surface area contributed by atoms with E-state index in [0.717, 1.165) is 23.6 Å². The maximum Gasteiger partial charge on any atom is 0.303 e. The number of aromatic nitrogens is 1. The van der Waals surface area contributed by atoms with E-state index in [1.807, 2.05) is 30.1 Å². The topological polar surface area (TPSA) is 59.4 Å². The maximum absolute atomic E-state index is 10.8. The Morgan fingerprint density at radius 2 is 2.15 bits per heavy atom. The summed E-state index contributed by atoms with van der Waals surface area (Å²) in [6, 6.07) is 10.5. The normalized spacial score (nSPS) is 19.3. The summed E-state index contributed by atoms with van der Waals surface area (Å²) in [6.45, 7) is 0. The molecule has 1 aromatic heterocycles. The van der Waals surface area contributed by atoms with Crippen LogP contribution in [0.5, 0.6) is 5.75 Å². The third-order valence-corrected chi connectivity index (χ3v) is 6.54. The van der Waals surface area contributed by atoms with E-state index >= 15 is 0 Å². The minimum absolute atomic E-state index is 0.00701. The molecule has 2 heterocycles. The van der Waals surface area contributed by atoms with Gasteiger partial charge >= 0.3 is 5.97 Å². The van der Waals surface area contributed by atoms with Gasteiger partial charge in [0.05, 0.1) is 6.10 Å². The fraction of sp³-hybridized carbons (Fsp3) is 0.429. The highest BCUT2D eigenvalue weighted by atomic mass is 32.2. The molecule has 1 aliphatic carbocycles. The summed E-state index contributed by atoms with van der Waals surface area (Å²) < 4.78 is 6.01. The molecular weight excluding hydrogens is 346 g/mol. The highest BCUT2D eigenvalue weighted by molar-refractivity contribution is 8.00. The number of ether oxygens (including phenoxy) is 1. The largest absolute Gasteiger partial charge is 0.490 e. The molecule has 1 unspecified atom stereocenters. The lowest BCUT2D eigenvalue weighted by molar-refractivity contribution is -0.137. The van der Waals surface area contributed by atoms with Crippen LogP contribution in [-0.4, -0.2) is 27.4 Å². The molecule has 136 valence electrons. The van der Waals surface area contributed by atoms with Crippen LogP contribution in [0, 0.1) is 0 Å². The van der Waals surface area contributed by atoms with Crippen LogP contribution in [-0.2, 0) is 11.2 Å². The van der Waals surface area contributed by atoms with Gasteiger partial charge in [0.2, 0.25) is 0 Å². The zero-order chi connectivity index (χ0) is 17.9. The Bertz CT molecular complexity index is 804. The van der Waals surface area contributed by atoms with E-state index in [0.29, 0.717) is 11.7 Å². The van der Waals surface area contributed by atoms with Gasteiger partial charge in [-0.3, -0.25) is 4.79 Å². The van der Waals surface area contributed by atoms with Crippen LogP contribution in [0.25, 0.3) is 11.1 Å². The van der Waals surface area contributed by atoms with Gasteiger partial charge in [0.25, 0.3) is 0 Å². The van der Waals surface area contributed by atoms with E-state index in [4.69, 9.17) is 9.84 Å². The van der Waals surface area contributed by atoms with Crippen LogP contribution < -0.4 is 4.74 Å². The van der Waals surface area contributed by atoms with Crippen molar-refractivity contribution in [2.75, 3.05) is 0 Å². The Labute approximate surface area is 158 Å². The summed E-state index contributed by atoms with van der Waals surface area (Å²) in [5.74, 6) is 0.135. The van der Waals surface area contributed by atoms with Crippen LogP contribution in [0.3, 0.4) is 0 Å². The Morgan fingerprint density at radius 1 is 1.27 bits per heavy atom. The second-order valence-corrected chi connectivity index (χ2v) is 8.35. The van der Waals surface area contributed by atoms with Gasteiger partial charge in [0.1, 0.15) is 10.8 Å². The number of pyridine rings is 1. The first-order valence-electron chi connectivity index (χ1n) is 9.32. The Hall–Kier alpha value is -2.01. The highest BCUT2D eigenvalue weighted by Gasteiger charge is 2.23. The number of aryl methyl sites for hydroxylation is 1. The minimum Gasteiger partial charge on any atom is -0.490 e. The van der Waals surface area contributed by atoms with Gasteiger partial charge < -0.3 is 9.84 Å². The van der Waals surface area contributed by atoms with Crippen molar-refractivity contribution in [3.63, 3.8) is 0 Å². The number of rotatable bonds is 6. The van der Waals surface area contributed by atoms with Crippen molar-refractivity contribution in [3.8, 4) is 16.9 Å². The van der Waals surface area contributed by atoms with Gasteiger partial charge in [0.15, 0.2) is 0 Å². The predicted molar refractivity (Wildman–Crippen MR) is 103 cm³/mol. The first kappa shape index (κ1) is 17.4. The van der Waals surface area contributed by atoms with Crippen LogP contribution in [0.2, 0.25) is 0 Å². The zero-order valence-corrected chi connectivity index (χ0v) is 15.5. The standard InChI is InChI=1S/C21H23NO3S/c23-20(24)11-9-16-8-6-15-13-14(7-10-19(15)25-16)18-5-2-12-22-21(18)26-17-3-1-4-17/h2,5,7,10,12-13,16-17H,1,3-4,6,8-9,11H2,(H,23,24). The van der Waals surface area contributed by atoms with Crippen LogP contribution >= 0.6 is 11.8 Å². The molecule has 0 radical (unpaired) electrons. The highest BCUT2D eigenvalue weighted by Crippen LogP contribution is 2.41. The van der Waals surface area contributed by atoms with Gasteiger partial charge in [0, 0.05) is 23.4 Å². The van der Waals surface area contributed by atoms with Crippen molar-refractivity contribution in [3.05, 3.63) is 42.1 Å². The molecule has 1 aliphatic heterocycles. The summed E-state index contributed by atoms with van der Waals surface area (Å²) in [5, 5.41) is 10.7. The molecule has 4 rings (SSSR count). The van der Waals surface area contributed by atoms with Gasteiger partial charge in [-0.2, -0.15) is 0 Å². The predicted octanol–water partition coefficient (Wildman–Crippen LogP) is 4.95. The Balaban J connectivity index is 1.52. The number of carboxylic acids is 1. The van der Waals surface area contributed by atoms with Crippen LogP contribution in [0.4, 0.5) is 0 Å². The third-order valence-electron chi connectivity index (χ3n) is 5.18. The Kier molecular flexibility index (Phi) is 5.16. The number of nitrogens with zero attached hydrogens (tertiary/aromatic N) is 1. The fourth-order valence-electron chi connectivity index (χ4n) is 3.45. The molecule has 0 spiro atoms. The molecule has 0 saturated heterocycles. The molecule has 1 N–H and O–H groups in total. The van der Waals surface area contributed by atoms with Crippen LogP contribution in [0.1, 0.15) is 44.1 Å². The molecule has 26 heavy (non-hydrogen) atoms. The van der Waals surface area contributed by atoms with E-state index in [1.54, 1.807) is 0 Å². The molecule has 1 fully saturated rings. The number of hydrogen-bond acceptors (Lipinski definition) is 4. The van der Waals surface area contributed by atoms with Crippen molar-refractivity contribution in [2.24, 2.45) is 0 Å². The molecule has 1 atom stereocenters. The van der Waals surface area contributed by atoms with Crippen molar-refractivity contribution in [1.29, 1.82) is 0 Å². The third kappa shape index (κ3) is 3.88. The average molecular weight is 369 g/mol. The molecule has 5 heteroatoms. The minimum atomic E-state index is -0.761. The smallest absolute Gasteiger partial charge is 0.303 e. The number of carboxylic acid groups (broad SMARTS) is 1. The molecule has 0 bridgehead atoms. The van der Waals surface area contributed by atoms with Crippen molar-refractivity contribution < 1.29 is 14.6 Å². The molecule has 2 aliphatic rings. The first-order valence-corrected chi connectivity index (χ1v) is 10.2. The monoisotopic (exact) mass is 369 g/mol. The van der Waals surface area contributed by atoms with E-state index in [2.05, 4.69) is 23.2 Å². The zero-order valence-electron chi connectivity index (χ0n) is 14.7. The second kappa shape index (κ2) is 7.70. The number of carbonyl (C=O) groups is 1. The SMILES string of the molecule is O=C(O)CCC1CCc2cc(-c3cccnc3SC3CCC3)ccc2O1. The van der Waals surface area contributed by atoms with Gasteiger partial charge in [-0.15, -0.1) is 11.8 Å². The lowest BCUT2D eigenvalue weighted by Crippen LogP contribution is -2.23. The number of hydrogen-bond donors (Lipinski definition) is 1. The lowest BCUT2D eigenvalue weighted by Gasteiger charge is -2.27. The lowest BCUT2D eigenvalue weighted by atomic mass is 9.96. The summed E-state index contributed by atoms with van der Waals surface area (Å²) in [4.78, 5) is 15.4. The average Bonchev–Trinajstić information content (AvgIpc) is 2.63.